The van der Waals surface area contributed by atoms with Crippen LogP contribution in [0.3, 0.4) is 0 Å². The zero-order valence-electron chi connectivity index (χ0n) is 8.91. The fourth-order valence-corrected chi connectivity index (χ4v) is 1.96. The molecule has 0 bridgehead atoms. The van der Waals surface area contributed by atoms with Crippen molar-refractivity contribution in [2.24, 2.45) is 0 Å². The molecule has 2 rings (SSSR count). The number of nitrogens with one attached hydrogen (secondary N) is 1. The van der Waals surface area contributed by atoms with Gasteiger partial charge in [0, 0.05) is 17.4 Å². The number of hydrogen-bond donors (Lipinski definition) is 1. The van der Waals surface area contributed by atoms with Crippen LogP contribution in [0.1, 0.15) is 5.56 Å². The second-order valence-electron chi connectivity index (χ2n) is 3.85. The zero-order chi connectivity index (χ0) is 11.4. The summed E-state index contributed by atoms with van der Waals surface area (Å²) in [6.45, 7) is 1.95. The molecule has 1 aliphatic heterocycles. The van der Waals surface area contributed by atoms with Gasteiger partial charge in [0.15, 0.2) is 5.78 Å². The number of carbonyl (C=O) groups is 1. The van der Waals surface area contributed by atoms with Gasteiger partial charge in [0.05, 0.1) is 19.3 Å². The fourth-order valence-electron chi connectivity index (χ4n) is 1.70. The van der Waals surface area contributed by atoms with Crippen LogP contribution in [0, 0.1) is 0 Å². The Kier molecular flexibility index (Phi) is 4.09. The highest BCUT2D eigenvalue weighted by molar-refractivity contribution is 9.10. The third-order valence-corrected chi connectivity index (χ3v) is 3.13. The molecule has 4 heteroatoms. The molecular weight excluding hydrogens is 270 g/mol. The molecule has 86 valence electrons. The third-order valence-electron chi connectivity index (χ3n) is 2.60. The molecule has 0 radical (unpaired) electrons. The molecule has 3 nitrogen and oxygen atoms in total. The van der Waals surface area contributed by atoms with Crippen LogP contribution in [0.25, 0.3) is 0 Å². The Labute approximate surface area is 103 Å². The van der Waals surface area contributed by atoms with Gasteiger partial charge in [-0.25, -0.2) is 0 Å². The van der Waals surface area contributed by atoms with Crippen LogP contribution in [0.4, 0.5) is 0 Å². The van der Waals surface area contributed by atoms with Gasteiger partial charge in [-0.3, -0.25) is 4.79 Å². The van der Waals surface area contributed by atoms with E-state index in [9.17, 15) is 4.79 Å². The number of morpholine rings is 1. The highest BCUT2D eigenvalue weighted by Gasteiger charge is 2.20. The first-order chi connectivity index (χ1) is 7.75. The Bertz CT molecular complexity index is 358. The third kappa shape index (κ3) is 3.14. The van der Waals surface area contributed by atoms with Crippen LogP contribution < -0.4 is 5.32 Å². The summed E-state index contributed by atoms with van der Waals surface area (Å²) in [6.07, 6.45) is 0.467. The summed E-state index contributed by atoms with van der Waals surface area (Å²) < 4.78 is 6.30. The zero-order valence-corrected chi connectivity index (χ0v) is 10.5. The number of ketones is 1. The number of halogens is 1. The Morgan fingerprint density at radius 3 is 2.81 bits per heavy atom. The summed E-state index contributed by atoms with van der Waals surface area (Å²) in [5, 5.41) is 3.17. The summed E-state index contributed by atoms with van der Waals surface area (Å²) >= 11 is 3.37. The number of benzene rings is 1. The van der Waals surface area contributed by atoms with Crippen molar-refractivity contribution in [3.05, 3.63) is 34.3 Å². The van der Waals surface area contributed by atoms with Crippen molar-refractivity contribution in [1.29, 1.82) is 0 Å². The van der Waals surface area contributed by atoms with E-state index in [1.54, 1.807) is 0 Å². The maximum atomic E-state index is 11.9. The van der Waals surface area contributed by atoms with Crippen LogP contribution in [0.2, 0.25) is 0 Å². The van der Waals surface area contributed by atoms with Gasteiger partial charge in [0.25, 0.3) is 0 Å². The highest BCUT2D eigenvalue weighted by Crippen LogP contribution is 2.11. The van der Waals surface area contributed by atoms with E-state index in [1.807, 2.05) is 24.3 Å². The van der Waals surface area contributed by atoms with Crippen molar-refractivity contribution >= 4 is 21.7 Å². The number of Topliss-reactive ketones (excluding diaryl/α,β-unsaturated/α-hetero) is 1. The Hall–Kier alpha value is -0.710. The number of hydrogen-bond acceptors (Lipinski definition) is 3. The van der Waals surface area contributed by atoms with Crippen molar-refractivity contribution in [3.8, 4) is 0 Å². The van der Waals surface area contributed by atoms with Crippen molar-refractivity contribution in [2.75, 3.05) is 19.8 Å². The molecule has 1 saturated heterocycles. The van der Waals surface area contributed by atoms with E-state index in [2.05, 4.69) is 21.2 Å². The van der Waals surface area contributed by atoms with Crippen LogP contribution in [-0.4, -0.2) is 31.6 Å². The molecule has 1 aromatic carbocycles. The maximum absolute atomic E-state index is 11.9. The van der Waals surface area contributed by atoms with Gasteiger partial charge in [-0.2, -0.15) is 0 Å². The largest absolute Gasteiger partial charge is 0.378 e. The van der Waals surface area contributed by atoms with E-state index >= 15 is 0 Å². The first-order valence-electron chi connectivity index (χ1n) is 5.34. The van der Waals surface area contributed by atoms with Gasteiger partial charge >= 0.3 is 0 Å². The molecule has 1 fully saturated rings. The normalized spacial score (nSPS) is 20.7. The molecule has 0 saturated carbocycles. The summed E-state index contributed by atoms with van der Waals surface area (Å²) in [5.74, 6) is 0.196. The fraction of sp³-hybridized carbons (Fsp3) is 0.417. The second-order valence-corrected chi connectivity index (χ2v) is 4.77. The standard InChI is InChI=1S/C12H14BrNO2/c13-10-3-1-9(2-4-10)7-12(15)11-8-16-6-5-14-11/h1-4,11,14H,5-8H2. The lowest BCUT2D eigenvalue weighted by atomic mass is 10.0. The van der Waals surface area contributed by atoms with Crippen molar-refractivity contribution in [3.63, 3.8) is 0 Å². The van der Waals surface area contributed by atoms with Crippen LogP contribution in [0.5, 0.6) is 0 Å². The van der Waals surface area contributed by atoms with E-state index in [0.717, 1.165) is 16.6 Å². The highest BCUT2D eigenvalue weighted by atomic mass is 79.9. The Morgan fingerprint density at radius 1 is 1.44 bits per heavy atom. The summed E-state index contributed by atoms with van der Waals surface area (Å²) in [5.41, 5.74) is 1.04. The van der Waals surface area contributed by atoms with Crippen molar-refractivity contribution in [1.82, 2.24) is 5.32 Å². The minimum absolute atomic E-state index is 0.141. The lowest BCUT2D eigenvalue weighted by molar-refractivity contribution is -0.123. The van der Waals surface area contributed by atoms with E-state index in [4.69, 9.17) is 4.74 Å². The molecule has 16 heavy (non-hydrogen) atoms. The molecule has 0 aliphatic carbocycles. The molecule has 0 aromatic heterocycles. The maximum Gasteiger partial charge on any atom is 0.156 e. The first-order valence-corrected chi connectivity index (χ1v) is 6.13. The monoisotopic (exact) mass is 283 g/mol. The van der Waals surface area contributed by atoms with Gasteiger partial charge in [-0.1, -0.05) is 28.1 Å². The first kappa shape index (κ1) is 11.8. The van der Waals surface area contributed by atoms with Gasteiger partial charge in [-0.05, 0) is 17.7 Å². The SMILES string of the molecule is O=C(Cc1ccc(Br)cc1)C1COCCN1. The summed E-state index contributed by atoms with van der Waals surface area (Å²) in [4.78, 5) is 11.9. The van der Waals surface area contributed by atoms with E-state index in [0.29, 0.717) is 19.6 Å². The minimum atomic E-state index is -0.141. The number of rotatable bonds is 3. The summed E-state index contributed by atoms with van der Waals surface area (Å²) in [6, 6.07) is 7.69. The van der Waals surface area contributed by atoms with Gasteiger partial charge in [0.1, 0.15) is 0 Å². The molecule has 1 unspecified atom stereocenters. The molecule has 0 amide bonds. The van der Waals surface area contributed by atoms with E-state index in [-0.39, 0.29) is 11.8 Å². The predicted octanol–water partition coefficient (Wildman–Crippen LogP) is 1.55. The van der Waals surface area contributed by atoms with E-state index in [1.165, 1.54) is 0 Å². The molecular formula is C12H14BrNO2. The quantitative estimate of drug-likeness (QED) is 0.915. The molecule has 1 atom stereocenters. The van der Waals surface area contributed by atoms with Crippen LogP contribution in [0.15, 0.2) is 28.7 Å². The summed E-state index contributed by atoms with van der Waals surface area (Å²) in [7, 11) is 0. The van der Waals surface area contributed by atoms with E-state index < -0.39 is 0 Å². The Morgan fingerprint density at radius 2 is 2.19 bits per heavy atom. The van der Waals surface area contributed by atoms with Gasteiger partial charge in [-0.15, -0.1) is 0 Å². The van der Waals surface area contributed by atoms with Gasteiger partial charge in [0.2, 0.25) is 0 Å². The van der Waals surface area contributed by atoms with Crippen molar-refractivity contribution < 1.29 is 9.53 Å². The Balaban J connectivity index is 1.93. The average Bonchev–Trinajstić information content (AvgIpc) is 2.33. The number of ether oxygens (including phenoxy) is 1. The molecule has 1 heterocycles. The lowest BCUT2D eigenvalue weighted by Gasteiger charge is -2.22. The minimum Gasteiger partial charge on any atom is -0.378 e. The molecule has 1 N–H and O–H groups in total. The van der Waals surface area contributed by atoms with Crippen LogP contribution >= 0.6 is 15.9 Å². The van der Waals surface area contributed by atoms with Crippen LogP contribution in [-0.2, 0) is 16.0 Å². The molecule has 1 aliphatic rings. The second kappa shape index (κ2) is 5.57. The van der Waals surface area contributed by atoms with Gasteiger partial charge < -0.3 is 10.1 Å². The van der Waals surface area contributed by atoms with Crippen molar-refractivity contribution in [2.45, 2.75) is 12.5 Å². The lowest BCUT2D eigenvalue weighted by Crippen LogP contribution is -2.47. The molecule has 1 aromatic rings. The smallest absolute Gasteiger partial charge is 0.156 e. The predicted molar refractivity (Wildman–Crippen MR) is 65.5 cm³/mol. The number of carbonyl (C=O) groups excluding carboxylic acids is 1. The average molecular weight is 284 g/mol. The topological polar surface area (TPSA) is 38.3 Å². The molecule has 0 spiro atoms.